The number of benzene rings is 2. The topological polar surface area (TPSA) is 66.0 Å². The number of carbonyl (C=O) groups excluding carboxylic acids is 1. The van der Waals surface area contributed by atoms with Crippen LogP contribution in [0, 0.1) is 0 Å². The summed E-state index contributed by atoms with van der Waals surface area (Å²) in [6, 6.07) is 10.6. The number of ketones is 1. The Balaban J connectivity index is 1.71. The van der Waals surface area contributed by atoms with Gasteiger partial charge in [-0.3, -0.25) is 4.79 Å². The summed E-state index contributed by atoms with van der Waals surface area (Å²) >= 11 is 0. The average Bonchev–Trinajstić information content (AvgIpc) is 2.65. The van der Waals surface area contributed by atoms with Crippen molar-refractivity contribution in [3.8, 4) is 23.0 Å². The first-order valence-electron chi connectivity index (χ1n) is 7.60. The smallest absolute Gasteiger partial charge is 0.181 e. The zero-order chi connectivity index (χ0) is 16.9. The van der Waals surface area contributed by atoms with Crippen molar-refractivity contribution in [3.05, 3.63) is 42.0 Å². The molecule has 0 radical (unpaired) electrons. The molecule has 0 atom stereocenters. The van der Waals surface area contributed by atoms with Crippen molar-refractivity contribution in [2.24, 2.45) is 0 Å². The van der Waals surface area contributed by atoms with E-state index in [1.54, 1.807) is 50.6 Å². The van der Waals surface area contributed by atoms with Crippen LogP contribution in [0.25, 0.3) is 0 Å². The predicted molar refractivity (Wildman–Crippen MR) is 89.8 cm³/mol. The summed E-state index contributed by atoms with van der Waals surface area (Å²) in [6.07, 6.45) is 0. The van der Waals surface area contributed by atoms with Gasteiger partial charge in [0.05, 0.1) is 26.5 Å². The van der Waals surface area contributed by atoms with Crippen LogP contribution in [-0.4, -0.2) is 39.8 Å². The second-order valence-electron chi connectivity index (χ2n) is 5.20. The number of hydrogen-bond donors (Lipinski definition) is 1. The van der Waals surface area contributed by atoms with Crippen molar-refractivity contribution in [2.45, 2.75) is 0 Å². The van der Waals surface area contributed by atoms with Crippen molar-refractivity contribution in [1.82, 2.24) is 0 Å². The number of nitrogens with one attached hydrogen (secondary N) is 1. The first-order valence-corrected chi connectivity index (χ1v) is 7.60. The van der Waals surface area contributed by atoms with E-state index in [2.05, 4.69) is 5.32 Å². The van der Waals surface area contributed by atoms with Gasteiger partial charge in [0.25, 0.3) is 0 Å². The minimum Gasteiger partial charge on any atom is -0.497 e. The van der Waals surface area contributed by atoms with Crippen molar-refractivity contribution >= 4 is 11.5 Å². The number of methoxy groups -OCH3 is 2. The highest BCUT2D eigenvalue weighted by Crippen LogP contribution is 2.31. The van der Waals surface area contributed by atoms with Crippen LogP contribution >= 0.6 is 0 Å². The zero-order valence-electron chi connectivity index (χ0n) is 13.6. The molecule has 0 saturated heterocycles. The summed E-state index contributed by atoms with van der Waals surface area (Å²) in [5.41, 5.74) is 1.26. The van der Waals surface area contributed by atoms with E-state index >= 15 is 0 Å². The third-order valence-electron chi connectivity index (χ3n) is 3.71. The van der Waals surface area contributed by atoms with Gasteiger partial charge in [-0.1, -0.05) is 0 Å². The second kappa shape index (κ2) is 7.12. The van der Waals surface area contributed by atoms with Gasteiger partial charge in [0.2, 0.25) is 0 Å². The van der Waals surface area contributed by atoms with Gasteiger partial charge in [0, 0.05) is 11.6 Å². The number of anilines is 1. The molecule has 0 spiro atoms. The summed E-state index contributed by atoms with van der Waals surface area (Å²) in [4.78, 5) is 12.4. The summed E-state index contributed by atoms with van der Waals surface area (Å²) < 4.78 is 21.5. The number of Topliss-reactive ketones (excluding diaryl/α,β-unsaturated/α-hetero) is 1. The first-order chi connectivity index (χ1) is 11.7. The molecule has 1 heterocycles. The SMILES string of the molecule is COc1ccc(OC)c(NCC(=O)c2ccc3c(c2)OCCO3)c1. The maximum Gasteiger partial charge on any atom is 0.181 e. The molecule has 1 N–H and O–H groups in total. The highest BCUT2D eigenvalue weighted by molar-refractivity contribution is 5.99. The highest BCUT2D eigenvalue weighted by Gasteiger charge is 2.15. The monoisotopic (exact) mass is 329 g/mol. The lowest BCUT2D eigenvalue weighted by Crippen LogP contribution is -2.17. The molecule has 0 bridgehead atoms. The molecule has 0 amide bonds. The molecule has 24 heavy (non-hydrogen) atoms. The van der Waals surface area contributed by atoms with Crippen molar-refractivity contribution < 1.29 is 23.7 Å². The Labute approximate surface area is 140 Å². The fourth-order valence-corrected chi connectivity index (χ4v) is 2.45. The van der Waals surface area contributed by atoms with Gasteiger partial charge in [0.1, 0.15) is 24.7 Å². The van der Waals surface area contributed by atoms with Gasteiger partial charge in [-0.15, -0.1) is 0 Å². The third kappa shape index (κ3) is 3.37. The number of carbonyl (C=O) groups is 1. The van der Waals surface area contributed by atoms with E-state index in [1.165, 1.54) is 0 Å². The fraction of sp³-hybridized carbons (Fsp3) is 0.278. The number of fused-ring (bicyclic) bond motifs is 1. The second-order valence-corrected chi connectivity index (χ2v) is 5.20. The molecule has 6 heteroatoms. The quantitative estimate of drug-likeness (QED) is 0.822. The Hall–Kier alpha value is -2.89. The summed E-state index contributed by atoms with van der Waals surface area (Å²) in [5.74, 6) is 2.54. The Bertz CT molecular complexity index is 744. The third-order valence-corrected chi connectivity index (χ3v) is 3.71. The van der Waals surface area contributed by atoms with Gasteiger partial charge in [-0.05, 0) is 30.3 Å². The average molecular weight is 329 g/mol. The first kappa shape index (κ1) is 16.0. The standard InChI is InChI=1S/C18H19NO5/c1-21-13-4-6-16(22-2)14(10-13)19-11-15(20)12-3-5-17-18(9-12)24-8-7-23-17/h3-6,9-10,19H,7-8,11H2,1-2H3. The Morgan fingerprint density at radius 1 is 1.04 bits per heavy atom. The number of rotatable bonds is 6. The van der Waals surface area contributed by atoms with E-state index in [1.807, 2.05) is 0 Å². The molecular weight excluding hydrogens is 310 g/mol. The molecule has 2 aromatic rings. The molecule has 0 aromatic heterocycles. The van der Waals surface area contributed by atoms with E-state index in [0.717, 1.165) is 0 Å². The van der Waals surface area contributed by atoms with E-state index in [4.69, 9.17) is 18.9 Å². The van der Waals surface area contributed by atoms with Crippen molar-refractivity contribution in [1.29, 1.82) is 0 Å². The van der Waals surface area contributed by atoms with E-state index in [-0.39, 0.29) is 12.3 Å². The minimum atomic E-state index is -0.0585. The number of ether oxygens (including phenoxy) is 4. The summed E-state index contributed by atoms with van der Waals surface area (Å²) in [5, 5.41) is 3.09. The van der Waals surface area contributed by atoms with Crippen LogP contribution in [0.15, 0.2) is 36.4 Å². The predicted octanol–water partition coefficient (Wildman–Crippen LogP) is 2.77. The Kier molecular flexibility index (Phi) is 4.74. The zero-order valence-corrected chi connectivity index (χ0v) is 13.6. The fourth-order valence-electron chi connectivity index (χ4n) is 2.45. The lowest BCUT2D eigenvalue weighted by molar-refractivity contribution is 0.100. The molecule has 0 saturated carbocycles. The lowest BCUT2D eigenvalue weighted by atomic mass is 10.1. The van der Waals surface area contributed by atoms with Crippen LogP contribution in [0.1, 0.15) is 10.4 Å². The van der Waals surface area contributed by atoms with Gasteiger partial charge in [-0.25, -0.2) is 0 Å². The lowest BCUT2D eigenvalue weighted by Gasteiger charge is -2.18. The molecule has 126 valence electrons. The molecule has 2 aromatic carbocycles. The van der Waals surface area contributed by atoms with Crippen LogP contribution < -0.4 is 24.3 Å². The summed E-state index contributed by atoms with van der Waals surface area (Å²) in [7, 11) is 3.17. The van der Waals surface area contributed by atoms with Crippen LogP contribution in [0.3, 0.4) is 0 Å². The molecule has 3 rings (SSSR count). The molecule has 1 aliphatic heterocycles. The van der Waals surface area contributed by atoms with Crippen LogP contribution in [0.4, 0.5) is 5.69 Å². The van der Waals surface area contributed by atoms with E-state index < -0.39 is 0 Å². The molecular formula is C18H19NO5. The van der Waals surface area contributed by atoms with Crippen molar-refractivity contribution in [3.63, 3.8) is 0 Å². The van der Waals surface area contributed by atoms with E-state index in [0.29, 0.717) is 47.5 Å². The van der Waals surface area contributed by atoms with Crippen LogP contribution in [-0.2, 0) is 0 Å². The highest BCUT2D eigenvalue weighted by atomic mass is 16.6. The normalized spacial score (nSPS) is 12.4. The van der Waals surface area contributed by atoms with Crippen molar-refractivity contribution in [2.75, 3.05) is 39.3 Å². The van der Waals surface area contributed by atoms with Crippen LogP contribution in [0.5, 0.6) is 23.0 Å². The molecule has 1 aliphatic rings. The van der Waals surface area contributed by atoms with Crippen LogP contribution in [0.2, 0.25) is 0 Å². The largest absolute Gasteiger partial charge is 0.497 e. The molecule has 0 fully saturated rings. The minimum absolute atomic E-state index is 0.0585. The maximum atomic E-state index is 12.4. The van der Waals surface area contributed by atoms with Gasteiger partial charge in [0.15, 0.2) is 17.3 Å². The van der Waals surface area contributed by atoms with Gasteiger partial charge >= 0.3 is 0 Å². The Morgan fingerprint density at radius 2 is 1.83 bits per heavy atom. The van der Waals surface area contributed by atoms with Gasteiger partial charge < -0.3 is 24.3 Å². The molecule has 0 unspecified atom stereocenters. The summed E-state index contributed by atoms with van der Waals surface area (Å²) in [6.45, 7) is 1.14. The molecule has 0 aliphatic carbocycles. The van der Waals surface area contributed by atoms with Gasteiger partial charge in [-0.2, -0.15) is 0 Å². The number of hydrogen-bond acceptors (Lipinski definition) is 6. The molecule has 6 nitrogen and oxygen atoms in total. The van der Waals surface area contributed by atoms with E-state index in [9.17, 15) is 4.79 Å². The maximum absolute atomic E-state index is 12.4. The Morgan fingerprint density at radius 3 is 2.58 bits per heavy atom.